The number of hydrogen-bond donors (Lipinski definition) is 2. The van der Waals surface area contributed by atoms with Crippen molar-refractivity contribution in [3.05, 3.63) is 18.2 Å². The largest absolute Gasteiger partial charge is 0.323 e. The van der Waals surface area contributed by atoms with Gasteiger partial charge in [-0.2, -0.15) is 8.73 Å². The normalized spacial score (nSPS) is 17.8. The van der Waals surface area contributed by atoms with Crippen LogP contribution in [0.4, 0.5) is 17.1 Å². The SMILES string of the molecule is CCNCC1CCN(CC(=O)Nc2cccc3c2N=S=N3)CC1. The van der Waals surface area contributed by atoms with Crippen molar-refractivity contribution in [3.63, 3.8) is 0 Å². The minimum Gasteiger partial charge on any atom is -0.323 e. The molecule has 1 aromatic carbocycles. The molecule has 1 saturated heterocycles. The number of piperidine rings is 1. The average molecular weight is 333 g/mol. The van der Waals surface area contributed by atoms with E-state index < -0.39 is 0 Å². The van der Waals surface area contributed by atoms with Gasteiger partial charge in [0.25, 0.3) is 0 Å². The number of nitrogens with one attached hydrogen (secondary N) is 2. The molecule has 6 nitrogen and oxygen atoms in total. The fraction of sp³-hybridized carbons (Fsp3) is 0.562. The van der Waals surface area contributed by atoms with Crippen molar-refractivity contribution >= 4 is 34.3 Å². The first-order chi connectivity index (χ1) is 11.3. The Balaban J connectivity index is 1.48. The van der Waals surface area contributed by atoms with Gasteiger partial charge in [0.05, 0.1) is 23.6 Å². The summed E-state index contributed by atoms with van der Waals surface area (Å²) < 4.78 is 8.45. The second-order valence-corrected chi connectivity index (χ2v) is 6.54. The summed E-state index contributed by atoms with van der Waals surface area (Å²) in [5.74, 6) is 0.764. The zero-order valence-corrected chi connectivity index (χ0v) is 14.2. The van der Waals surface area contributed by atoms with Crippen molar-refractivity contribution in [2.45, 2.75) is 19.8 Å². The number of fused-ring (bicyclic) bond motifs is 1. The number of rotatable bonds is 6. The summed E-state index contributed by atoms with van der Waals surface area (Å²) in [4.78, 5) is 14.5. The number of carbonyl (C=O) groups excluding carboxylic acids is 1. The fourth-order valence-corrected chi connectivity index (χ4v) is 3.55. The van der Waals surface area contributed by atoms with Crippen molar-refractivity contribution in [1.82, 2.24) is 10.2 Å². The van der Waals surface area contributed by atoms with Crippen molar-refractivity contribution in [2.75, 3.05) is 38.0 Å². The van der Waals surface area contributed by atoms with E-state index in [-0.39, 0.29) is 5.91 Å². The van der Waals surface area contributed by atoms with Gasteiger partial charge in [-0.25, -0.2) is 0 Å². The highest BCUT2D eigenvalue weighted by Crippen LogP contribution is 2.38. The summed E-state index contributed by atoms with van der Waals surface area (Å²) in [6.07, 6.45) is 2.32. The van der Waals surface area contributed by atoms with Gasteiger partial charge in [-0.1, -0.05) is 13.0 Å². The predicted octanol–water partition coefficient (Wildman–Crippen LogP) is 2.67. The molecule has 0 aliphatic carbocycles. The van der Waals surface area contributed by atoms with Crippen LogP contribution in [0.1, 0.15) is 19.8 Å². The van der Waals surface area contributed by atoms with Gasteiger partial charge in [-0.3, -0.25) is 9.69 Å². The third kappa shape index (κ3) is 4.25. The summed E-state index contributed by atoms with van der Waals surface area (Å²) in [5, 5.41) is 6.39. The van der Waals surface area contributed by atoms with E-state index in [0.717, 1.165) is 62.0 Å². The molecule has 1 amide bonds. The standard InChI is InChI=1S/C16H23N5OS/c1-2-17-10-12-6-8-21(9-7-12)11-15(22)18-13-4-3-5-14-16(13)20-23-19-14/h3-5,12,17H,2,6-11H2,1H3,(H,18,22). The van der Waals surface area contributed by atoms with E-state index in [1.807, 2.05) is 18.2 Å². The molecule has 2 N–H and O–H groups in total. The molecule has 124 valence electrons. The molecular formula is C16H23N5OS. The summed E-state index contributed by atoms with van der Waals surface area (Å²) in [5.41, 5.74) is 2.36. The molecule has 0 unspecified atom stereocenters. The maximum absolute atomic E-state index is 12.3. The second-order valence-electron chi connectivity index (χ2n) is 6.01. The minimum absolute atomic E-state index is 0.0237. The third-order valence-electron chi connectivity index (χ3n) is 4.32. The monoisotopic (exact) mass is 333 g/mol. The van der Waals surface area contributed by atoms with Gasteiger partial charge >= 0.3 is 0 Å². The van der Waals surface area contributed by atoms with Crippen LogP contribution in [-0.2, 0) is 16.1 Å². The molecular weight excluding hydrogens is 310 g/mol. The lowest BCUT2D eigenvalue weighted by atomic mass is 9.97. The fourth-order valence-electron chi connectivity index (χ4n) is 3.00. The number of carbonyl (C=O) groups is 1. The van der Waals surface area contributed by atoms with Crippen LogP contribution in [0.2, 0.25) is 0 Å². The van der Waals surface area contributed by atoms with Crippen LogP contribution in [0.5, 0.6) is 0 Å². The quantitative estimate of drug-likeness (QED) is 0.854. The Morgan fingerprint density at radius 2 is 2.17 bits per heavy atom. The molecule has 1 aromatic rings. The molecule has 1 fully saturated rings. The lowest BCUT2D eigenvalue weighted by Gasteiger charge is -2.31. The lowest BCUT2D eigenvalue weighted by molar-refractivity contribution is -0.117. The van der Waals surface area contributed by atoms with Crippen LogP contribution in [-0.4, -0.2) is 43.5 Å². The minimum atomic E-state index is 0.0237. The zero-order valence-electron chi connectivity index (χ0n) is 13.4. The van der Waals surface area contributed by atoms with Gasteiger partial charge < -0.3 is 10.6 Å². The van der Waals surface area contributed by atoms with Gasteiger partial charge in [0, 0.05) is 0 Å². The number of likely N-dealkylation sites (tertiary alicyclic amines) is 1. The first-order valence-electron chi connectivity index (χ1n) is 8.20. The van der Waals surface area contributed by atoms with Crippen molar-refractivity contribution in [3.8, 4) is 0 Å². The second kappa shape index (κ2) is 7.81. The van der Waals surface area contributed by atoms with Gasteiger partial charge in [0.1, 0.15) is 11.4 Å². The predicted molar refractivity (Wildman–Crippen MR) is 94.3 cm³/mol. The first kappa shape index (κ1) is 16.3. The summed E-state index contributed by atoms with van der Waals surface area (Å²) in [7, 11) is 0. The maximum atomic E-state index is 12.3. The van der Waals surface area contributed by atoms with Gasteiger partial charge in [-0.05, 0) is 57.1 Å². The lowest BCUT2D eigenvalue weighted by Crippen LogP contribution is -2.41. The Bertz CT molecular complexity index is 633. The molecule has 0 spiro atoms. The Kier molecular flexibility index (Phi) is 5.53. The van der Waals surface area contributed by atoms with Crippen molar-refractivity contribution in [1.29, 1.82) is 0 Å². The zero-order chi connectivity index (χ0) is 16.1. The summed E-state index contributed by atoms with van der Waals surface area (Å²) in [6.45, 7) is 6.69. The molecule has 2 heterocycles. The van der Waals surface area contributed by atoms with E-state index in [4.69, 9.17) is 0 Å². The van der Waals surface area contributed by atoms with Gasteiger partial charge in [-0.15, -0.1) is 0 Å². The molecule has 2 aliphatic rings. The molecule has 3 rings (SSSR count). The van der Waals surface area contributed by atoms with Crippen molar-refractivity contribution in [2.24, 2.45) is 14.6 Å². The molecule has 2 aliphatic heterocycles. The Labute approximate surface area is 140 Å². The van der Waals surface area contributed by atoms with Gasteiger partial charge in [0.15, 0.2) is 0 Å². The molecule has 7 heteroatoms. The van der Waals surface area contributed by atoms with E-state index in [1.54, 1.807) is 0 Å². The molecule has 0 radical (unpaired) electrons. The van der Waals surface area contributed by atoms with Crippen LogP contribution in [0.15, 0.2) is 26.9 Å². The highest BCUT2D eigenvalue weighted by Gasteiger charge is 2.21. The van der Waals surface area contributed by atoms with E-state index >= 15 is 0 Å². The number of anilines is 1. The maximum Gasteiger partial charge on any atom is 0.238 e. The number of amides is 1. The molecule has 0 saturated carbocycles. The number of nitrogens with zero attached hydrogens (tertiary/aromatic N) is 3. The molecule has 0 aromatic heterocycles. The van der Waals surface area contributed by atoms with Crippen LogP contribution in [0, 0.1) is 5.92 Å². The van der Waals surface area contributed by atoms with E-state index in [9.17, 15) is 4.79 Å². The topological polar surface area (TPSA) is 69.1 Å². The van der Waals surface area contributed by atoms with Crippen LogP contribution in [0.25, 0.3) is 0 Å². The Morgan fingerprint density at radius 3 is 2.96 bits per heavy atom. The third-order valence-corrected chi connectivity index (χ3v) is 4.86. The van der Waals surface area contributed by atoms with Crippen LogP contribution in [0.3, 0.4) is 0 Å². The van der Waals surface area contributed by atoms with E-state index in [1.165, 1.54) is 11.4 Å². The van der Waals surface area contributed by atoms with Crippen LogP contribution < -0.4 is 10.6 Å². The number of hydrogen-bond acceptors (Lipinski definition) is 5. The average Bonchev–Trinajstić information content (AvgIpc) is 3.04. The highest BCUT2D eigenvalue weighted by atomic mass is 32.1. The van der Waals surface area contributed by atoms with Crippen LogP contribution >= 0.6 is 0 Å². The van der Waals surface area contributed by atoms with E-state index in [0.29, 0.717) is 6.54 Å². The first-order valence-corrected chi connectivity index (χ1v) is 8.93. The Morgan fingerprint density at radius 1 is 1.35 bits per heavy atom. The molecule has 0 atom stereocenters. The highest BCUT2D eigenvalue weighted by molar-refractivity contribution is 7.58. The van der Waals surface area contributed by atoms with E-state index in [2.05, 4.69) is 31.2 Å². The molecule has 0 bridgehead atoms. The number of benzene rings is 1. The molecule has 23 heavy (non-hydrogen) atoms. The smallest absolute Gasteiger partial charge is 0.238 e. The Hall–Kier alpha value is -1.57. The van der Waals surface area contributed by atoms with Gasteiger partial charge in [0.2, 0.25) is 5.91 Å². The summed E-state index contributed by atoms with van der Waals surface area (Å²) >= 11 is 1.17. The van der Waals surface area contributed by atoms with Crippen molar-refractivity contribution < 1.29 is 4.79 Å². The summed E-state index contributed by atoms with van der Waals surface area (Å²) in [6, 6.07) is 5.68.